The number of nitrogens with one attached hydrogen (secondary N) is 1. The fourth-order valence-corrected chi connectivity index (χ4v) is 1.99. The monoisotopic (exact) mass is 324 g/mol. The normalized spacial score (nSPS) is 10.3. The Bertz CT molecular complexity index is 647. The van der Waals surface area contributed by atoms with Gasteiger partial charge < -0.3 is 10.4 Å². The minimum absolute atomic E-state index is 0.00878. The first-order valence-corrected chi connectivity index (χ1v) is 6.18. The SMILES string of the molecule is Cc1cc(Br)cnc1NC(=O)c1ccc(F)cc1O. The lowest BCUT2D eigenvalue weighted by Crippen LogP contribution is -2.14. The molecule has 0 bridgehead atoms. The van der Waals surface area contributed by atoms with E-state index in [4.69, 9.17) is 0 Å². The van der Waals surface area contributed by atoms with Crippen molar-refractivity contribution in [2.24, 2.45) is 0 Å². The quantitative estimate of drug-likeness (QED) is 0.891. The van der Waals surface area contributed by atoms with Crippen LogP contribution < -0.4 is 5.32 Å². The molecule has 0 aliphatic carbocycles. The Morgan fingerprint density at radius 3 is 2.79 bits per heavy atom. The van der Waals surface area contributed by atoms with E-state index in [9.17, 15) is 14.3 Å². The van der Waals surface area contributed by atoms with Crippen LogP contribution in [-0.4, -0.2) is 16.0 Å². The molecule has 2 N–H and O–H groups in total. The molecule has 6 heteroatoms. The molecule has 4 nitrogen and oxygen atoms in total. The first-order valence-electron chi connectivity index (χ1n) is 5.39. The lowest BCUT2D eigenvalue weighted by molar-refractivity contribution is 0.102. The summed E-state index contributed by atoms with van der Waals surface area (Å²) in [4.78, 5) is 16.0. The molecule has 98 valence electrons. The van der Waals surface area contributed by atoms with Crippen LogP contribution in [0.25, 0.3) is 0 Å². The Labute approximate surface area is 117 Å². The molecule has 0 aliphatic heterocycles. The Hall–Kier alpha value is -1.95. The van der Waals surface area contributed by atoms with Gasteiger partial charge in [0.25, 0.3) is 5.91 Å². The van der Waals surface area contributed by atoms with E-state index in [-0.39, 0.29) is 5.56 Å². The van der Waals surface area contributed by atoms with Crippen molar-refractivity contribution in [3.63, 3.8) is 0 Å². The maximum Gasteiger partial charge on any atom is 0.260 e. The van der Waals surface area contributed by atoms with Crippen LogP contribution in [0.2, 0.25) is 0 Å². The number of rotatable bonds is 2. The van der Waals surface area contributed by atoms with Crippen molar-refractivity contribution in [1.29, 1.82) is 0 Å². The second kappa shape index (κ2) is 5.36. The molecule has 0 unspecified atom stereocenters. The van der Waals surface area contributed by atoms with Crippen LogP contribution in [0.4, 0.5) is 10.2 Å². The molecule has 0 spiro atoms. The number of hydrogen-bond donors (Lipinski definition) is 2. The molecule has 2 aromatic rings. The second-order valence-corrected chi connectivity index (χ2v) is 4.85. The molecule has 0 aliphatic rings. The molecule has 1 heterocycles. The minimum atomic E-state index is -0.605. The highest BCUT2D eigenvalue weighted by molar-refractivity contribution is 9.10. The molecule has 0 saturated carbocycles. The summed E-state index contributed by atoms with van der Waals surface area (Å²) >= 11 is 3.27. The van der Waals surface area contributed by atoms with Crippen LogP contribution >= 0.6 is 15.9 Å². The van der Waals surface area contributed by atoms with E-state index < -0.39 is 17.5 Å². The summed E-state index contributed by atoms with van der Waals surface area (Å²) in [6, 6.07) is 5.01. The number of carbonyl (C=O) groups is 1. The van der Waals surface area contributed by atoms with Crippen LogP contribution in [-0.2, 0) is 0 Å². The number of aromatic hydroxyl groups is 1. The van der Waals surface area contributed by atoms with Crippen molar-refractivity contribution in [3.05, 3.63) is 51.9 Å². The highest BCUT2D eigenvalue weighted by atomic mass is 79.9. The zero-order valence-corrected chi connectivity index (χ0v) is 11.5. The van der Waals surface area contributed by atoms with E-state index in [0.717, 1.165) is 22.2 Å². The number of aryl methyl sites for hydroxylation is 1. The van der Waals surface area contributed by atoms with Gasteiger partial charge in [0.2, 0.25) is 0 Å². The zero-order chi connectivity index (χ0) is 14.0. The number of amides is 1. The van der Waals surface area contributed by atoms with Gasteiger partial charge in [-0.2, -0.15) is 0 Å². The van der Waals surface area contributed by atoms with Gasteiger partial charge in [0.1, 0.15) is 17.4 Å². The van der Waals surface area contributed by atoms with Gasteiger partial charge in [0.15, 0.2) is 0 Å². The Kier molecular flexibility index (Phi) is 3.80. The van der Waals surface area contributed by atoms with E-state index in [2.05, 4.69) is 26.2 Å². The highest BCUT2D eigenvalue weighted by Crippen LogP contribution is 2.21. The van der Waals surface area contributed by atoms with Gasteiger partial charge in [-0.05, 0) is 46.6 Å². The van der Waals surface area contributed by atoms with Crippen LogP contribution in [0, 0.1) is 12.7 Å². The van der Waals surface area contributed by atoms with Crippen molar-refractivity contribution < 1.29 is 14.3 Å². The van der Waals surface area contributed by atoms with E-state index in [1.165, 1.54) is 6.07 Å². The van der Waals surface area contributed by atoms with Gasteiger partial charge in [-0.25, -0.2) is 9.37 Å². The van der Waals surface area contributed by atoms with Crippen molar-refractivity contribution in [1.82, 2.24) is 4.98 Å². The third kappa shape index (κ3) is 3.08. The number of carbonyl (C=O) groups excluding carboxylic acids is 1. The summed E-state index contributed by atoms with van der Waals surface area (Å²) < 4.78 is 13.6. The molecule has 0 fully saturated rings. The average Bonchev–Trinajstić information content (AvgIpc) is 2.32. The summed E-state index contributed by atoms with van der Waals surface area (Å²) in [6.07, 6.45) is 1.55. The lowest BCUT2D eigenvalue weighted by Gasteiger charge is -2.08. The zero-order valence-electron chi connectivity index (χ0n) is 9.95. The predicted molar refractivity (Wildman–Crippen MR) is 72.7 cm³/mol. The number of anilines is 1. The topological polar surface area (TPSA) is 62.2 Å². The lowest BCUT2D eigenvalue weighted by atomic mass is 10.2. The first-order chi connectivity index (χ1) is 8.97. The summed E-state index contributed by atoms with van der Waals surface area (Å²) in [5.41, 5.74) is 0.759. The van der Waals surface area contributed by atoms with Crippen LogP contribution in [0.15, 0.2) is 34.9 Å². The number of phenolic OH excluding ortho intramolecular Hbond substituents is 1. The Morgan fingerprint density at radius 2 is 2.16 bits per heavy atom. The van der Waals surface area contributed by atoms with E-state index in [1.807, 2.05) is 0 Å². The molecule has 1 aromatic heterocycles. The first kappa shape index (κ1) is 13.5. The smallest absolute Gasteiger partial charge is 0.260 e. The largest absolute Gasteiger partial charge is 0.507 e. The molecule has 0 radical (unpaired) electrons. The maximum atomic E-state index is 12.8. The fourth-order valence-electron chi connectivity index (χ4n) is 1.54. The number of pyridine rings is 1. The molecule has 19 heavy (non-hydrogen) atoms. The number of halogens is 2. The highest BCUT2D eigenvalue weighted by Gasteiger charge is 2.13. The van der Waals surface area contributed by atoms with Gasteiger partial charge >= 0.3 is 0 Å². The fraction of sp³-hybridized carbons (Fsp3) is 0.0769. The predicted octanol–water partition coefficient (Wildman–Crippen LogP) is 3.25. The Morgan fingerprint density at radius 1 is 1.42 bits per heavy atom. The summed E-state index contributed by atoms with van der Waals surface area (Å²) in [5, 5.41) is 12.1. The molecule has 1 aromatic carbocycles. The number of aromatic nitrogens is 1. The third-order valence-corrected chi connectivity index (χ3v) is 2.91. The maximum absolute atomic E-state index is 12.8. The number of nitrogens with zero attached hydrogens (tertiary/aromatic N) is 1. The standard InChI is InChI=1S/C13H10BrFN2O2/c1-7-4-8(14)6-16-12(7)17-13(19)10-3-2-9(15)5-11(10)18/h2-6,18H,1H3,(H,16,17,19). The summed E-state index contributed by atoms with van der Waals surface area (Å²) in [6.45, 7) is 1.79. The van der Waals surface area contributed by atoms with Gasteiger partial charge in [0, 0.05) is 16.7 Å². The van der Waals surface area contributed by atoms with Crippen LogP contribution in [0.3, 0.4) is 0 Å². The van der Waals surface area contributed by atoms with Crippen molar-refractivity contribution in [2.45, 2.75) is 6.92 Å². The van der Waals surface area contributed by atoms with Crippen LogP contribution in [0.5, 0.6) is 5.75 Å². The van der Waals surface area contributed by atoms with Crippen molar-refractivity contribution in [2.75, 3.05) is 5.32 Å². The average molecular weight is 325 g/mol. The van der Waals surface area contributed by atoms with E-state index in [1.54, 1.807) is 19.2 Å². The summed E-state index contributed by atoms with van der Waals surface area (Å²) in [7, 11) is 0. The Balaban J connectivity index is 2.25. The molecule has 0 atom stereocenters. The van der Waals surface area contributed by atoms with Gasteiger partial charge in [-0.1, -0.05) is 0 Å². The van der Waals surface area contributed by atoms with Gasteiger partial charge in [0.05, 0.1) is 5.56 Å². The van der Waals surface area contributed by atoms with Crippen molar-refractivity contribution in [3.8, 4) is 5.75 Å². The summed E-state index contributed by atoms with van der Waals surface area (Å²) in [5.74, 6) is -1.17. The number of hydrogen-bond acceptors (Lipinski definition) is 3. The second-order valence-electron chi connectivity index (χ2n) is 3.93. The van der Waals surface area contributed by atoms with E-state index in [0.29, 0.717) is 5.82 Å². The number of benzene rings is 1. The molecular weight excluding hydrogens is 315 g/mol. The number of phenols is 1. The third-order valence-electron chi connectivity index (χ3n) is 2.48. The molecular formula is C13H10BrFN2O2. The van der Waals surface area contributed by atoms with Gasteiger partial charge in [-0.3, -0.25) is 4.79 Å². The van der Waals surface area contributed by atoms with Crippen molar-refractivity contribution >= 4 is 27.7 Å². The molecule has 2 rings (SSSR count). The minimum Gasteiger partial charge on any atom is -0.507 e. The molecule has 1 amide bonds. The van der Waals surface area contributed by atoms with E-state index >= 15 is 0 Å². The van der Waals surface area contributed by atoms with Crippen LogP contribution in [0.1, 0.15) is 15.9 Å². The van der Waals surface area contributed by atoms with Gasteiger partial charge in [-0.15, -0.1) is 0 Å². The molecule has 0 saturated heterocycles.